The van der Waals surface area contributed by atoms with Crippen molar-refractivity contribution in [3.8, 4) is 0 Å². The molecule has 14 heavy (non-hydrogen) atoms. The molecule has 6 heteroatoms. The lowest BCUT2D eigenvalue weighted by Crippen LogP contribution is -2.11. The predicted molar refractivity (Wildman–Crippen MR) is 56.4 cm³/mol. The Morgan fingerprint density at radius 1 is 1.50 bits per heavy atom. The third-order valence-corrected chi connectivity index (χ3v) is 1.95. The smallest absolute Gasteiger partial charge is 0.157 e. The lowest BCUT2D eigenvalue weighted by Gasteiger charge is -2.09. The van der Waals surface area contributed by atoms with Crippen molar-refractivity contribution < 1.29 is 5.11 Å². The van der Waals surface area contributed by atoms with Gasteiger partial charge in [-0.25, -0.2) is 9.97 Å². The number of anilines is 2. The molecule has 5 nitrogen and oxygen atoms in total. The average molecular weight is 217 g/mol. The van der Waals surface area contributed by atoms with Gasteiger partial charge in [-0.05, 0) is 0 Å². The van der Waals surface area contributed by atoms with E-state index < -0.39 is 0 Å². The molecule has 1 rings (SSSR count). The molecule has 0 saturated carbocycles. The van der Waals surface area contributed by atoms with Gasteiger partial charge < -0.3 is 16.2 Å². The number of aliphatic hydroxyl groups is 1. The van der Waals surface area contributed by atoms with Crippen LogP contribution in [-0.4, -0.2) is 28.2 Å². The Kier molecular flexibility index (Phi) is 3.91. The molecule has 0 aromatic carbocycles. The Hall–Kier alpha value is -1.07. The summed E-state index contributed by atoms with van der Waals surface area (Å²) >= 11 is 5.80. The Morgan fingerprint density at radius 2 is 2.21 bits per heavy atom. The second-order valence-corrected chi connectivity index (χ2v) is 3.05. The normalized spacial score (nSPS) is 10.2. The molecule has 0 atom stereocenters. The van der Waals surface area contributed by atoms with Gasteiger partial charge in [-0.15, -0.1) is 0 Å². The highest BCUT2D eigenvalue weighted by Gasteiger charge is 2.08. The molecule has 0 radical (unpaired) electrons. The number of aryl methyl sites for hydroxylation is 1. The van der Waals surface area contributed by atoms with E-state index in [2.05, 4.69) is 15.3 Å². The van der Waals surface area contributed by atoms with Gasteiger partial charge in [-0.2, -0.15) is 0 Å². The molecule has 0 aliphatic heterocycles. The molecule has 0 aliphatic carbocycles. The van der Waals surface area contributed by atoms with Crippen LogP contribution in [0, 0.1) is 0 Å². The first-order valence-corrected chi connectivity index (χ1v) is 4.73. The maximum absolute atomic E-state index is 8.63. The number of nitrogens with zero attached hydrogens (tertiary/aromatic N) is 2. The van der Waals surface area contributed by atoms with E-state index >= 15 is 0 Å². The molecule has 0 fully saturated rings. The van der Waals surface area contributed by atoms with Crippen molar-refractivity contribution in [1.29, 1.82) is 0 Å². The highest BCUT2D eigenvalue weighted by molar-refractivity contribution is 6.32. The molecule has 0 unspecified atom stereocenters. The number of halogens is 1. The number of nitrogens with two attached hydrogens (primary N) is 1. The second-order valence-electron chi connectivity index (χ2n) is 2.70. The van der Waals surface area contributed by atoms with Crippen molar-refractivity contribution in [1.82, 2.24) is 9.97 Å². The van der Waals surface area contributed by atoms with Crippen molar-refractivity contribution in [2.75, 3.05) is 24.2 Å². The molecule has 1 aromatic rings. The van der Waals surface area contributed by atoms with Gasteiger partial charge in [0.1, 0.15) is 11.5 Å². The quantitative estimate of drug-likeness (QED) is 0.645. The molecular weight excluding hydrogens is 204 g/mol. The number of rotatable bonds is 4. The minimum absolute atomic E-state index is 0.0164. The fourth-order valence-corrected chi connectivity index (χ4v) is 1.14. The molecule has 0 amide bonds. The first-order valence-electron chi connectivity index (χ1n) is 4.35. The number of nitrogen functional groups attached to an aromatic ring is 1. The van der Waals surface area contributed by atoms with E-state index in [4.69, 9.17) is 22.4 Å². The van der Waals surface area contributed by atoms with Crippen LogP contribution in [-0.2, 0) is 6.42 Å². The Balaban J connectivity index is 2.95. The highest BCUT2D eigenvalue weighted by Crippen LogP contribution is 2.23. The predicted octanol–water partition coefficient (Wildman–Crippen LogP) is 0.679. The minimum Gasteiger partial charge on any atom is -0.395 e. The summed E-state index contributed by atoms with van der Waals surface area (Å²) < 4.78 is 0. The fraction of sp³-hybridized carbons (Fsp3) is 0.500. The average Bonchev–Trinajstić information content (AvgIpc) is 2.20. The van der Waals surface area contributed by atoms with Gasteiger partial charge in [0.15, 0.2) is 11.0 Å². The third kappa shape index (κ3) is 2.46. The fourth-order valence-electron chi connectivity index (χ4n) is 0.953. The molecule has 78 valence electrons. The van der Waals surface area contributed by atoms with E-state index in [1.807, 2.05) is 6.92 Å². The molecule has 0 bridgehead atoms. The molecule has 0 spiro atoms. The number of hydrogen-bond acceptors (Lipinski definition) is 5. The van der Waals surface area contributed by atoms with Crippen LogP contribution in [0.1, 0.15) is 12.7 Å². The third-order valence-electron chi connectivity index (χ3n) is 1.67. The van der Waals surface area contributed by atoms with E-state index in [1.54, 1.807) is 0 Å². The molecule has 1 aromatic heterocycles. The van der Waals surface area contributed by atoms with Gasteiger partial charge >= 0.3 is 0 Å². The highest BCUT2D eigenvalue weighted by atomic mass is 35.5. The second kappa shape index (κ2) is 4.97. The first kappa shape index (κ1) is 11.0. The summed E-state index contributed by atoms with van der Waals surface area (Å²) in [6.07, 6.45) is 0.688. The van der Waals surface area contributed by atoms with Crippen LogP contribution in [0.4, 0.5) is 11.5 Å². The van der Waals surface area contributed by atoms with Crippen LogP contribution in [0.25, 0.3) is 0 Å². The molecule has 0 saturated heterocycles. The van der Waals surface area contributed by atoms with Crippen LogP contribution in [0.2, 0.25) is 5.15 Å². The van der Waals surface area contributed by atoms with Gasteiger partial charge in [-0.3, -0.25) is 0 Å². The Bertz CT molecular complexity index is 318. The Labute approximate surface area is 87.3 Å². The summed E-state index contributed by atoms with van der Waals surface area (Å²) in [6.45, 7) is 2.33. The first-order chi connectivity index (χ1) is 6.69. The maximum Gasteiger partial charge on any atom is 0.157 e. The van der Waals surface area contributed by atoms with Gasteiger partial charge in [0, 0.05) is 13.0 Å². The largest absolute Gasteiger partial charge is 0.395 e. The Morgan fingerprint density at radius 3 is 2.79 bits per heavy atom. The van der Waals surface area contributed by atoms with Gasteiger partial charge in [-0.1, -0.05) is 18.5 Å². The summed E-state index contributed by atoms with van der Waals surface area (Å²) in [5, 5.41) is 11.7. The van der Waals surface area contributed by atoms with Crippen molar-refractivity contribution in [2.24, 2.45) is 0 Å². The van der Waals surface area contributed by atoms with Crippen LogP contribution in [0.3, 0.4) is 0 Å². The zero-order chi connectivity index (χ0) is 10.6. The summed E-state index contributed by atoms with van der Waals surface area (Å²) in [6, 6.07) is 0. The van der Waals surface area contributed by atoms with Gasteiger partial charge in [0.25, 0.3) is 0 Å². The van der Waals surface area contributed by atoms with Crippen molar-refractivity contribution in [2.45, 2.75) is 13.3 Å². The lowest BCUT2D eigenvalue weighted by molar-refractivity contribution is 0.311. The SMILES string of the molecule is CCc1nc(Cl)c(N)c(NCCO)n1. The van der Waals surface area contributed by atoms with Crippen LogP contribution in [0.15, 0.2) is 0 Å². The van der Waals surface area contributed by atoms with Gasteiger partial charge in [0.2, 0.25) is 0 Å². The summed E-state index contributed by atoms with van der Waals surface area (Å²) in [4.78, 5) is 8.13. The summed E-state index contributed by atoms with van der Waals surface area (Å²) in [5.74, 6) is 1.11. The van der Waals surface area contributed by atoms with E-state index in [0.717, 1.165) is 0 Å². The van der Waals surface area contributed by atoms with Crippen molar-refractivity contribution >= 4 is 23.1 Å². The number of aliphatic hydroxyl groups excluding tert-OH is 1. The maximum atomic E-state index is 8.63. The van der Waals surface area contributed by atoms with E-state index in [-0.39, 0.29) is 11.8 Å². The zero-order valence-corrected chi connectivity index (χ0v) is 8.67. The minimum atomic E-state index is 0.0164. The molecule has 4 N–H and O–H groups in total. The van der Waals surface area contributed by atoms with E-state index in [0.29, 0.717) is 30.3 Å². The molecular formula is C8H13ClN4O. The lowest BCUT2D eigenvalue weighted by atomic mass is 10.4. The number of nitrogens with one attached hydrogen (secondary N) is 1. The summed E-state index contributed by atoms with van der Waals surface area (Å²) in [7, 11) is 0. The standard InChI is InChI=1S/C8H13ClN4O/c1-2-5-12-7(9)6(10)8(13-5)11-3-4-14/h14H,2-4,10H2,1H3,(H,11,12,13). The van der Waals surface area contributed by atoms with E-state index in [9.17, 15) is 0 Å². The monoisotopic (exact) mass is 216 g/mol. The topological polar surface area (TPSA) is 84.1 Å². The number of hydrogen-bond donors (Lipinski definition) is 3. The van der Waals surface area contributed by atoms with Gasteiger partial charge in [0.05, 0.1) is 6.61 Å². The zero-order valence-electron chi connectivity index (χ0n) is 7.92. The van der Waals surface area contributed by atoms with Crippen LogP contribution < -0.4 is 11.1 Å². The van der Waals surface area contributed by atoms with Crippen molar-refractivity contribution in [3.05, 3.63) is 11.0 Å². The number of aromatic nitrogens is 2. The van der Waals surface area contributed by atoms with E-state index in [1.165, 1.54) is 0 Å². The van der Waals surface area contributed by atoms with Crippen LogP contribution >= 0.6 is 11.6 Å². The van der Waals surface area contributed by atoms with Crippen molar-refractivity contribution in [3.63, 3.8) is 0 Å². The molecule has 1 heterocycles. The summed E-state index contributed by atoms with van der Waals surface area (Å²) in [5.41, 5.74) is 5.96. The molecule has 0 aliphatic rings. The van der Waals surface area contributed by atoms with Crippen LogP contribution in [0.5, 0.6) is 0 Å².